The molecule has 21 heavy (non-hydrogen) atoms. The van der Waals surface area contributed by atoms with E-state index in [4.69, 9.17) is 10.00 Å². The zero-order valence-corrected chi connectivity index (χ0v) is 11.5. The van der Waals surface area contributed by atoms with Crippen LogP contribution in [0.3, 0.4) is 0 Å². The standard InChI is InChI=1S/C15H14N4O2/c1-21-14-6-4-12(5-7-14)19-10-2-3-13(19)11-17-18-15(20)8-9-16/h2-7,10-11H,8H2,1H3,(H,18,20)/b17-11+. The van der Waals surface area contributed by atoms with Crippen LogP contribution in [0.1, 0.15) is 12.1 Å². The summed E-state index contributed by atoms with van der Waals surface area (Å²) in [4.78, 5) is 11.1. The van der Waals surface area contributed by atoms with Crippen LogP contribution in [-0.2, 0) is 4.79 Å². The molecule has 0 aliphatic rings. The normalized spacial score (nSPS) is 10.3. The third kappa shape index (κ3) is 3.70. The summed E-state index contributed by atoms with van der Waals surface area (Å²) in [6.45, 7) is 0. The first kappa shape index (κ1) is 14.3. The lowest BCUT2D eigenvalue weighted by atomic mass is 10.3. The van der Waals surface area contributed by atoms with Gasteiger partial charge in [0.05, 0.1) is 25.1 Å². The van der Waals surface area contributed by atoms with E-state index in [1.807, 2.05) is 47.2 Å². The van der Waals surface area contributed by atoms with E-state index in [1.54, 1.807) is 13.2 Å². The fourth-order valence-electron chi connectivity index (χ4n) is 1.76. The van der Waals surface area contributed by atoms with E-state index >= 15 is 0 Å². The monoisotopic (exact) mass is 282 g/mol. The minimum absolute atomic E-state index is 0.211. The van der Waals surface area contributed by atoms with Crippen molar-refractivity contribution < 1.29 is 9.53 Å². The predicted molar refractivity (Wildman–Crippen MR) is 78.3 cm³/mol. The van der Waals surface area contributed by atoms with Gasteiger partial charge in [-0.25, -0.2) is 5.43 Å². The van der Waals surface area contributed by atoms with Gasteiger partial charge in [-0.05, 0) is 36.4 Å². The molecule has 6 nitrogen and oxygen atoms in total. The Kier molecular flexibility index (Phi) is 4.72. The lowest BCUT2D eigenvalue weighted by Gasteiger charge is -2.07. The highest BCUT2D eigenvalue weighted by atomic mass is 16.5. The summed E-state index contributed by atoms with van der Waals surface area (Å²) in [5, 5.41) is 12.2. The van der Waals surface area contributed by atoms with Gasteiger partial charge in [-0.2, -0.15) is 10.4 Å². The maximum absolute atomic E-state index is 11.1. The largest absolute Gasteiger partial charge is 0.497 e. The molecular formula is C15H14N4O2. The number of rotatable bonds is 5. The quantitative estimate of drug-likeness (QED) is 0.671. The highest BCUT2D eigenvalue weighted by molar-refractivity contribution is 5.82. The number of nitrogens with zero attached hydrogens (tertiary/aromatic N) is 3. The van der Waals surface area contributed by atoms with Crippen LogP contribution >= 0.6 is 0 Å². The number of amides is 1. The molecule has 0 unspecified atom stereocenters. The summed E-state index contributed by atoms with van der Waals surface area (Å²) in [6.07, 6.45) is 3.20. The Morgan fingerprint density at radius 1 is 1.43 bits per heavy atom. The van der Waals surface area contributed by atoms with Crippen molar-refractivity contribution in [1.82, 2.24) is 9.99 Å². The summed E-state index contributed by atoms with van der Waals surface area (Å²) in [6, 6.07) is 13.1. The van der Waals surface area contributed by atoms with E-state index in [0.29, 0.717) is 0 Å². The van der Waals surface area contributed by atoms with Gasteiger partial charge in [-0.1, -0.05) is 0 Å². The molecule has 0 spiro atoms. The summed E-state index contributed by atoms with van der Waals surface area (Å²) in [5.74, 6) is 0.348. The van der Waals surface area contributed by atoms with Gasteiger partial charge in [0, 0.05) is 11.9 Å². The summed E-state index contributed by atoms with van der Waals surface area (Å²) >= 11 is 0. The van der Waals surface area contributed by atoms with Crippen molar-refractivity contribution in [3.05, 3.63) is 48.3 Å². The number of hydrogen-bond acceptors (Lipinski definition) is 4. The lowest BCUT2D eigenvalue weighted by Crippen LogP contribution is -2.16. The number of carbonyl (C=O) groups is 1. The molecule has 1 aromatic carbocycles. The topological polar surface area (TPSA) is 79.4 Å². The highest BCUT2D eigenvalue weighted by Crippen LogP contribution is 2.16. The van der Waals surface area contributed by atoms with Gasteiger partial charge in [0.15, 0.2) is 0 Å². The summed E-state index contributed by atoms with van der Waals surface area (Å²) < 4.78 is 7.04. The Bertz CT molecular complexity index is 680. The first-order chi connectivity index (χ1) is 10.2. The van der Waals surface area contributed by atoms with Crippen LogP contribution in [0.25, 0.3) is 5.69 Å². The van der Waals surface area contributed by atoms with Gasteiger partial charge in [-0.15, -0.1) is 0 Å². The Morgan fingerprint density at radius 3 is 2.86 bits per heavy atom. The molecule has 2 aromatic rings. The van der Waals surface area contributed by atoms with Crippen molar-refractivity contribution in [1.29, 1.82) is 5.26 Å². The SMILES string of the molecule is COc1ccc(-n2cccc2/C=N/NC(=O)CC#N)cc1. The molecule has 1 aromatic heterocycles. The third-order valence-corrected chi connectivity index (χ3v) is 2.76. The Hall–Kier alpha value is -3.07. The van der Waals surface area contributed by atoms with Gasteiger partial charge < -0.3 is 9.30 Å². The molecule has 1 heterocycles. The van der Waals surface area contributed by atoms with Gasteiger partial charge in [0.2, 0.25) is 0 Å². The number of nitrogens with one attached hydrogen (secondary N) is 1. The molecule has 0 fully saturated rings. The molecule has 6 heteroatoms. The van der Waals surface area contributed by atoms with Crippen LogP contribution < -0.4 is 10.2 Å². The van der Waals surface area contributed by atoms with Crippen molar-refractivity contribution in [3.63, 3.8) is 0 Å². The number of hydrogen-bond donors (Lipinski definition) is 1. The van der Waals surface area contributed by atoms with Crippen molar-refractivity contribution in [3.8, 4) is 17.5 Å². The van der Waals surface area contributed by atoms with Crippen LogP contribution in [0, 0.1) is 11.3 Å². The number of carbonyl (C=O) groups excluding carboxylic acids is 1. The molecule has 0 atom stereocenters. The number of nitriles is 1. The second-order valence-corrected chi connectivity index (χ2v) is 4.13. The number of ether oxygens (including phenoxy) is 1. The van der Waals surface area contributed by atoms with E-state index in [1.165, 1.54) is 6.21 Å². The Labute approximate surface area is 122 Å². The maximum atomic E-state index is 11.1. The second-order valence-electron chi connectivity index (χ2n) is 4.13. The van der Waals surface area contributed by atoms with Gasteiger partial charge in [0.25, 0.3) is 5.91 Å². The van der Waals surface area contributed by atoms with Crippen molar-refractivity contribution in [2.45, 2.75) is 6.42 Å². The van der Waals surface area contributed by atoms with Crippen LogP contribution in [0.2, 0.25) is 0 Å². The average Bonchev–Trinajstić information content (AvgIpc) is 2.96. The van der Waals surface area contributed by atoms with Crippen molar-refractivity contribution in [2.75, 3.05) is 7.11 Å². The zero-order valence-electron chi connectivity index (χ0n) is 11.5. The van der Waals surface area contributed by atoms with Crippen LogP contribution in [0.4, 0.5) is 0 Å². The van der Waals surface area contributed by atoms with Crippen LogP contribution in [0.15, 0.2) is 47.7 Å². The summed E-state index contributed by atoms with van der Waals surface area (Å²) in [7, 11) is 1.62. The molecule has 0 aliphatic carbocycles. The van der Waals surface area contributed by atoms with Gasteiger partial charge >= 0.3 is 0 Å². The van der Waals surface area contributed by atoms with Crippen LogP contribution in [0.5, 0.6) is 5.75 Å². The van der Waals surface area contributed by atoms with E-state index in [-0.39, 0.29) is 6.42 Å². The average molecular weight is 282 g/mol. The predicted octanol–water partition coefficient (Wildman–Crippen LogP) is 1.85. The highest BCUT2D eigenvalue weighted by Gasteiger charge is 2.02. The molecule has 0 bridgehead atoms. The zero-order chi connectivity index (χ0) is 15.1. The number of hydrazone groups is 1. The minimum atomic E-state index is -0.434. The molecule has 0 radical (unpaired) electrons. The molecule has 0 saturated carbocycles. The number of aromatic nitrogens is 1. The van der Waals surface area contributed by atoms with Gasteiger partial charge in [0.1, 0.15) is 12.2 Å². The molecule has 1 N–H and O–H groups in total. The third-order valence-electron chi connectivity index (χ3n) is 2.76. The van der Waals surface area contributed by atoms with Gasteiger partial charge in [-0.3, -0.25) is 4.79 Å². The van der Waals surface area contributed by atoms with E-state index < -0.39 is 5.91 Å². The number of methoxy groups -OCH3 is 1. The fourth-order valence-corrected chi connectivity index (χ4v) is 1.76. The lowest BCUT2D eigenvalue weighted by molar-refractivity contribution is -0.120. The maximum Gasteiger partial charge on any atom is 0.254 e. The Morgan fingerprint density at radius 2 is 2.19 bits per heavy atom. The Balaban J connectivity index is 2.13. The molecule has 1 amide bonds. The van der Waals surface area contributed by atoms with E-state index in [9.17, 15) is 4.79 Å². The summed E-state index contributed by atoms with van der Waals surface area (Å²) in [5.41, 5.74) is 4.05. The second kappa shape index (κ2) is 6.91. The van der Waals surface area contributed by atoms with E-state index in [2.05, 4.69) is 10.5 Å². The first-order valence-corrected chi connectivity index (χ1v) is 6.25. The molecular weight excluding hydrogens is 268 g/mol. The van der Waals surface area contributed by atoms with E-state index in [0.717, 1.165) is 17.1 Å². The molecule has 0 aliphatic heterocycles. The fraction of sp³-hybridized carbons (Fsp3) is 0.133. The molecule has 0 saturated heterocycles. The molecule has 106 valence electrons. The van der Waals surface area contributed by atoms with Crippen molar-refractivity contribution in [2.24, 2.45) is 5.10 Å². The first-order valence-electron chi connectivity index (χ1n) is 6.25. The van der Waals surface area contributed by atoms with Crippen LogP contribution in [-0.4, -0.2) is 23.8 Å². The van der Waals surface area contributed by atoms with Crippen molar-refractivity contribution >= 4 is 12.1 Å². The minimum Gasteiger partial charge on any atom is -0.497 e. The molecule has 2 rings (SSSR count). The number of benzene rings is 1. The smallest absolute Gasteiger partial charge is 0.254 e.